The highest BCUT2D eigenvalue weighted by Crippen LogP contribution is 2.28. The maximum absolute atomic E-state index is 11.7. The number of nitrogens with two attached hydrogens (primary N) is 1. The lowest BCUT2D eigenvalue weighted by atomic mass is 10.0. The Kier molecular flexibility index (Phi) is 3.87. The first-order valence-electron chi connectivity index (χ1n) is 6.41. The molecule has 4 nitrogen and oxygen atoms in total. The van der Waals surface area contributed by atoms with E-state index in [0.29, 0.717) is 18.7 Å². The van der Waals surface area contributed by atoms with Gasteiger partial charge in [-0.3, -0.25) is 4.79 Å². The Morgan fingerprint density at radius 2 is 1.89 bits per heavy atom. The Morgan fingerprint density at radius 1 is 1.28 bits per heavy atom. The van der Waals surface area contributed by atoms with Crippen LogP contribution >= 0.6 is 0 Å². The zero-order valence-corrected chi connectivity index (χ0v) is 10.5. The van der Waals surface area contributed by atoms with E-state index in [1.165, 1.54) is 0 Å². The molecule has 1 saturated carbocycles. The zero-order valence-electron chi connectivity index (χ0n) is 10.5. The van der Waals surface area contributed by atoms with Crippen molar-refractivity contribution in [1.29, 1.82) is 0 Å². The fraction of sp³-hybridized carbons (Fsp3) is 0.500. The first-order valence-corrected chi connectivity index (χ1v) is 6.41. The van der Waals surface area contributed by atoms with Crippen LogP contribution in [-0.4, -0.2) is 23.2 Å². The summed E-state index contributed by atoms with van der Waals surface area (Å²) >= 11 is 0. The molecule has 1 aliphatic carbocycles. The van der Waals surface area contributed by atoms with Crippen molar-refractivity contribution in [2.75, 3.05) is 12.3 Å². The third-order valence-electron chi connectivity index (χ3n) is 3.49. The molecule has 4 heteroatoms. The van der Waals surface area contributed by atoms with Gasteiger partial charge in [-0.05, 0) is 30.5 Å². The van der Waals surface area contributed by atoms with Crippen LogP contribution in [0.2, 0.25) is 0 Å². The minimum absolute atomic E-state index is 0.0555. The van der Waals surface area contributed by atoms with Crippen LogP contribution in [0.25, 0.3) is 0 Å². The molecule has 0 radical (unpaired) electrons. The molecular formula is C14H20N2O2. The fourth-order valence-corrected chi connectivity index (χ4v) is 2.36. The molecule has 0 aromatic heterocycles. The van der Waals surface area contributed by atoms with E-state index in [-0.39, 0.29) is 5.91 Å². The fourth-order valence-electron chi connectivity index (χ4n) is 2.36. The second kappa shape index (κ2) is 5.40. The van der Waals surface area contributed by atoms with Crippen LogP contribution in [0.15, 0.2) is 24.3 Å². The summed E-state index contributed by atoms with van der Waals surface area (Å²) in [5.41, 5.74) is 6.52. The van der Waals surface area contributed by atoms with Gasteiger partial charge in [-0.2, -0.15) is 0 Å². The molecule has 0 aliphatic heterocycles. The summed E-state index contributed by atoms with van der Waals surface area (Å²) < 4.78 is 0. The first kappa shape index (κ1) is 12.9. The third kappa shape index (κ3) is 3.47. The Labute approximate surface area is 107 Å². The third-order valence-corrected chi connectivity index (χ3v) is 3.49. The van der Waals surface area contributed by atoms with Gasteiger partial charge in [-0.25, -0.2) is 0 Å². The van der Waals surface area contributed by atoms with E-state index in [2.05, 4.69) is 5.32 Å². The summed E-state index contributed by atoms with van der Waals surface area (Å²) in [5.74, 6) is -0.0555. The van der Waals surface area contributed by atoms with Crippen molar-refractivity contribution in [3.8, 4) is 0 Å². The minimum atomic E-state index is -0.684. The molecule has 1 amide bonds. The highest BCUT2D eigenvalue weighted by Gasteiger charge is 2.31. The molecule has 1 aromatic carbocycles. The van der Waals surface area contributed by atoms with E-state index < -0.39 is 5.60 Å². The zero-order chi connectivity index (χ0) is 13.0. The molecule has 1 aliphatic rings. The Bertz CT molecular complexity index is 408. The second-order valence-corrected chi connectivity index (χ2v) is 5.13. The number of hydrogen-bond donors (Lipinski definition) is 3. The van der Waals surface area contributed by atoms with E-state index in [1.807, 2.05) is 12.1 Å². The number of nitrogens with one attached hydrogen (secondary N) is 1. The van der Waals surface area contributed by atoms with Gasteiger partial charge in [0.05, 0.1) is 12.0 Å². The summed E-state index contributed by atoms with van der Waals surface area (Å²) in [6, 6.07) is 7.26. The molecule has 1 aromatic rings. The molecule has 0 spiro atoms. The van der Waals surface area contributed by atoms with E-state index in [4.69, 9.17) is 5.73 Å². The average Bonchev–Trinajstić information content (AvgIpc) is 2.78. The molecule has 0 saturated heterocycles. The topological polar surface area (TPSA) is 75.4 Å². The standard InChI is InChI=1S/C14H20N2O2/c15-12-5-3-11(4-6-12)9-13(17)16-10-14(18)7-1-2-8-14/h3-6,18H,1-2,7-10,15H2,(H,16,17). The molecule has 98 valence electrons. The van der Waals surface area contributed by atoms with Gasteiger partial charge in [0, 0.05) is 12.2 Å². The van der Waals surface area contributed by atoms with Gasteiger partial charge >= 0.3 is 0 Å². The van der Waals surface area contributed by atoms with Crippen molar-refractivity contribution in [1.82, 2.24) is 5.32 Å². The summed E-state index contributed by atoms with van der Waals surface area (Å²) in [7, 11) is 0. The van der Waals surface area contributed by atoms with Crippen LogP contribution in [0.5, 0.6) is 0 Å². The van der Waals surface area contributed by atoms with Crippen molar-refractivity contribution in [2.24, 2.45) is 0 Å². The van der Waals surface area contributed by atoms with E-state index in [1.54, 1.807) is 12.1 Å². The molecule has 18 heavy (non-hydrogen) atoms. The highest BCUT2D eigenvalue weighted by molar-refractivity contribution is 5.78. The van der Waals surface area contributed by atoms with E-state index in [9.17, 15) is 9.90 Å². The number of carbonyl (C=O) groups is 1. The van der Waals surface area contributed by atoms with Crippen molar-refractivity contribution < 1.29 is 9.90 Å². The molecule has 0 unspecified atom stereocenters. The Balaban J connectivity index is 1.80. The predicted molar refractivity (Wildman–Crippen MR) is 71.0 cm³/mol. The van der Waals surface area contributed by atoms with Gasteiger partial charge in [0.25, 0.3) is 0 Å². The lowest BCUT2D eigenvalue weighted by Gasteiger charge is -2.22. The van der Waals surface area contributed by atoms with Gasteiger partial charge < -0.3 is 16.2 Å². The van der Waals surface area contributed by atoms with Crippen LogP contribution < -0.4 is 11.1 Å². The maximum Gasteiger partial charge on any atom is 0.224 e. The first-order chi connectivity index (χ1) is 8.57. The molecule has 0 heterocycles. The predicted octanol–water partition coefficient (Wildman–Crippen LogP) is 1.23. The molecule has 2 rings (SSSR count). The van der Waals surface area contributed by atoms with Crippen LogP contribution in [0.3, 0.4) is 0 Å². The lowest BCUT2D eigenvalue weighted by molar-refractivity contribution is -0.121. The van der Waals surface area contributed by atoms with Crippen LogP contribution in [0.4, 0.5) is 5.69 Å². The normalized spacial score (nSPS) is 17.6. The van der Waals surface area contributed by atoms with Gasteiger partial charge in [0.15, 0.2) is 0 Å². The number of rotatable bonds is 4. The number of aliphatic hydroxyl groups is 1. The summed E-state index contributed by atoms with van der Waals surface area (Å²) in [6.45, 7) is 0.362. The molecule has 1 fully saturated rings. The molecule has 0 atom stereocenters. The quantitative estimate of drug-likeness (QED) is 0.702. The van der Waals surface area contributed by atoms with Crippen molar-refractivity contribution in [3.05, 3.63) is 29.8 Å². The minimum Gasteiger partial charge on any atom is -0.399 e. The highest BCUT2D eigenvalue weighted by atomic mass is 16.3. The molecule has 0 bridgehead atoms. The lowest BCUT2D eigenvalue weighted by Crippen LogP contribution is -2.41. The van der Waals surface area contributed by atoms with Crippen LogP contribution in [0.1, 0.15) is 31.2 Å². The van der Waals surface area contributed by atoms with Gasteiger partial charge in [0.1, 0.15) is 0 Å². The number of nitrogen functional groups attached to an aromatic ring is 1. The SMILES string of the molecule is Nc1ccc(CC(=O)NCC2(O)CCCC2)cc1. The largest absolute Gasteiger partial charge is 0.399 e. The average molecular weight is 248 g/mol. The Hall–Kier alpha value is -1.55. The monoisotopic (exact) mass is 248 g/mol. The van der Waals surface area contributed by atoms with Crippen molar-refractivity contribution in [2.45, 2.75) is 37.7 Å². The summed E-state index contributed by atoms with van der Waals surface area (Å²) in [5, 5.41) is 12.9. The Morgan fingerprint density at radius 3 is 2.50 bits per heavy atom. The number of hydrogen-bond acceptors (Lipinski definition) is 3. The van der Waals surface area contributed by atoms with Gasteiger partial charge in [-0.15, -0.1) is 0 Å². The smallest absolute Gasteiger partial charge is 0.224 e. The van der Waals surface area contributed by atoms with Crippen LogP contribution in [-0.2, 0) is 11.2 Å². The number of anilines is 1. The van der Waals surface area contributed by atoms with Gasteiger partial charge in [0.2, 0.25) is 5.91 Å². The number of benzene rings is 1. The van der Waals surface area contributed by atoms with E-state index in [0.717, 1.165) is 31.2 Å². The van der Waals surface area contributed by atoms with Crippen LogP contribution in [0, 0.1) is 0 Å². The maximum atomic E-state index is 11.7. The number of amides is 1. The van der Waals surface area contributed by atoms with E-state index >= 15 is 0 Å². The summed E-state index contributed by atoms with van der Waals surface area (Å²) in [4.78, 5) is 11.7. The summed E-state index contributed by atoms with van der Waals surface area (Å²) in [6.07, 6.45) is 4.00. The molecule has 4 N–H and O–H groups in total. The van der Waals surface area contributed by atoms with Crippen molar-refractivity contribution >= 4 is 11.6 Å². The number of carbonyl (C=O) groups excluding carboxylic acids is 1. The van der Waals surface area contributed by atoms with Crippen molar-refractivity contribution in [3.63, 3.8) is 0 Å². The molecular weight excluding hydrogens is 228 g/mol. The van der Waals surface area contributed by atoms with Gasteiger partial charge in [-0.1, -0.05) is 25.0 Å². The second-order valence-electron chi connectivity index (χ2n) is 5.13.